The molecule has 0 aliphatic carbocycles. The summed E-state index contributed by atoms with van der Waals surface area (Å²) in [6.07, 6.45) is 0. The lowest BCUT2D eigenvalue weighted by molar-refractivity contribution is 1.29. The summed E-state index contributed by atoms with van der Waals surface area (Å²) in [5, 5.41) is 5.04. The average molecular weight is 669 g/mol. The van der Waals surface area contributed by atoms with Gasteiger partial charge in [-0.1, -0.05) is 140 Å². The normalized spacial score (nSPS) is 11.5. The molecule has 10 rings (SSSR count). The number of benzene rings is 8. The first-order valence-corrected chi connectivity index (χ1v) is 18.2. The smallest absolute Gasteiger partial charge is 0.0546 e. The fourth-order valence-corrected chi connectivity index (χ4v) is 8.78. The van der Waals surface area contributed by atoms with Crippen LogP contribution >= 0.6 is 11.3 Å². The summed E-state index contributed by atoms with van der Waals surface area (Å²) in [5.74, 6) is 0. The van der Waals surface area contributed by atoms with E-state index in [9.17, 15) is 0 Å². The van der Waals surface area contributed by atoms with Crippen LogP contribution in [0.2, 0.25) is 0 Å². The van der Waals surface area contributed by atoms with E-state index in [1.54, 1.807) is 0 Å². The Labute approximate surface area is 300 Å². The Morgan fingerprint density at radius 1 is 0.373 bits per heavy atom. The topological polar surface area (TPSA) is 19.0 Å². The van der Waals surface area contributed by atoms with E-state index in [1.807, 2.05) is 11.3 Å². The third-order valence-corrected chi connectivity index (χ3v) is 11.2. The Bertz CT molecular complexity index is 2750. The molecule has 240 valence electrons. The number of aromatic nitrogens is 1. The van der Waals surface area contributed by atoms with Gasteiger partial charge in [-0.3, -0.25) is 0 Å². The minimum absolute atomic E-state index is 1.10. The van der Waals surface area contributed by atoms with Gasteiger partial charge in [0.1, 0.15) is 0 Å². The van der Waals surface area contributed by atoms with Crippen molar-refractivity contribution in [1.82, 2.24) is 4.98 Å². The number of nitrogens with zero attached hydrogens (tertiary/aromatic N) is 1. The second-order valence-corrected chi connectivity index (χ2v) is 14.1. The molecule has 3 heteroatoms. The lowest BCUT2D eigenvalue weighted by atomic mass is 9.98. The minimum atomic E-state index is 1.10. The largest absolute Gasteiger partial charge is 0.354 e. The van der Waals surface area contributed by atoms with Gasteiger partial charge >= 0.3 is 0 Å². The Balaban J connectivity index is 1.22. The molecule has 0 radical (unpaired) electrons. The molecule has 0 amide bonds. The standard InChI is InChI=1S/C48H32N2S/c1-3-12-32(13-4-1)34-22-26-36(27-23-34)50(37-28-24-35(25-29-37)33-14-5-2-6-15-33)38-30-43-39-16-7-9-20-45(39)49-47(43)44(31-38)42-19-11-18-41-40-17-8-10-21-46(40)51-48(41)42/h1-31,49H. The van der Waals surface area contributed by atoms with Gasteiger partial charge in [0.05, 0.1) is 5.52 Å². The van der Waals surface area contributed by atoms with Crippen LogP contribution in [0.3, 0.4) is 0 Å². The highest BCUT2D eigenvalue weighted by molar-refractivity contribution is 7.26. The summed E-state index contributed by atoms with van der Waals surface area (Å²) in [5.41, 5.74) is 12.9. The molecule has 0 spiro atoms. The van der Waals surface area contributed by atoms with Gasteiger partial charge in [0.2, 0.25) is 0 Å². The molecule has 0 aliphatic heterocycles. The molecule has 0 saturated heterocycles. The van der Waals surface area contributed by atoms with E-state index in [0.717, 1.165) is 28.1 Å². The summed E-state index contributed by atoms with van der Waals surface area (Å²) in [7, 11) is 0. The molecule has 51 heavy (non-hydrogen) atoms. The van der Waals surface area contributed by atoms with E-state index in [2.05, 4.69) is 198 Å². The Morgan fingerprint density at radius 2 is 0.922 bits per heavy atom. The molecule has 2 nitrogen and oxygen atoms in total. The number of fused-ring (bicyclic) bond motifs is 6. The predicted octanol–water partition coefficient (Wildman–Crippen LogP) is 14.2. The zero-order valence-corrected chi connectivity index (χ0v) is 28.6. The van der Waals surface area contributed by atoms with Crippen molar-refractivity contribution in [3.05, 3.63) is 188 Å². The van der Waals surface area contributed by atoms with E-state index >= 15 is 0 Å². The number of aromatic amines is 1. The number of thiophene rings is 1. The summed E-state index contributed by atoms with van der Waals surface area (Å²) >= 11 is 1.88. The second-order valence-electron chi connectivity index (χ2n) is 13.0. The number of para-hydroxylation sites is 1. The van der Waals surface area contributed by atoms with Crippen LogP contribution in [0.4, 0.5) is 17.1 Å². The molecule has 0 bridgehead atoms. The minimum Gasteiger partial charge on any atom is -0.354 e. The Morgan fingerprint density at radius 3 is 1.59 bits per heavy atom. The van der Waals surface area contributed by atoms with E-state index in [0.29, 0.717) is 0 Å². The third-order valence-electron chi connectivity index (χ3n) is 10.0. The molecular formula is C48H32N2S. The molecule has 0 fully saturated rings. The summed E-state index contributed by atoms with van der Waals surface area (Å²) < 4.78 is 2.62. The summed E-state index contributed by atoms with van der Waals surface area (Å²) in [6, 6.07) is 68.0. The van der Waals surface area contributed by atoms with Gasteiger partial charge in [0.25, 0.3) is 0 Å². The average Bonchev–Trinajstić information content (AvgIpc) is 3.78. The quantitative estimate of drug-likeness (QED) is 0.187. The van der Waals surface area contributed by atoms with Crippen molar-refractivity contribution in [2.45, 2.75) is 0 Å². The predicted molar refractivity (Wildman–Crippen MR) is 220 cm³/mol. The Hall–Kier alpha value is -6.42. The van der Waals surface area contributed by atoms with Crippen LogP contribution in [0.1, 0.15) is 0 Å². The molecule has 0 atom stereocenters. The summed E-state index contributed by atoms with van der Waals surface area (Å²) in [6.45, 7) is 0. The van der Waals surface area contributed by atoms with Gasteiger partial charge in [0, 0.05) is 64.7 Å². The SMILES string of the molecule is c1ccc(-c2ccc(N(c3ccc(-c4ccccc4)cc3)c3cc(-c4cccc5c4sc4ccccc45)c4[nH]c5ccccc5c4c3)cc2)cc1. The van der Waals surface area contributed by atoms with E-state index < -0.39 is 0 Å². The first kappa shape index (κ1) is 29.5. The first-order valence-electron chi connectivity index (χ1n) is 17.3. The summed E-state index contributed by atoms with van der Waals surface area (Å²) in [4.78, 5) is 6.23. The monoisotopic (exact) mass is 668 g/mol. The zero-order valence-electron chi connectivity index (χ0n) is 27.8. The van der Waals surface area contributed by atoms with Crippen LogP contribution in [0.5, 0.6) is 0 Å². The van der Waals surface area contributed by atoms with Crippen LogP contribution < -0.4 is 4.90 Å². The number of anilines is 3. The number of hydrogen-bond donors (Lipinski definition) is 1. The van der Waals surface area contributed by atoms with Crippen LogP contribution in [0.25, 0.3) is 75.4 Å². The van der Waals surface area contributed by atoms with Gasteiger partial charge in [-0.25, -0.2) is 0 Å². The van der Waals surface area contributed by atoms with Gasteiger partial charge in [-0.05, 0) is 70.8 Å². The Kier molecular flexibility index (Phi) is 7.04. The molecule has 1 N–H and O–H groups in total. The highest BCUT2D eigenvalue weighted by Crippen LogP contribution is 2.46. The molecular weight excluding hydrogens is 637 g/mol. The van der Waals surface area contributed by atoms with Gasteiger partial charge in [0.15, 0.2) is 0 Å². The van der Waals surface area contributed by atoms with Crippen molar-refractivity contribution in [2.75, 3.05) is 4.90 Å². The van der Waals surface area contributed by atoms with Crippen molar-refractivity contribution >= 4 is 70.4 Å². The maximum absolute atomic E-state index is 3.83. The van der Waals surface area contributed by atoms with Crippen LogP contribution in [-0.4, -0.2) is 4.98 Å². The third kappa shape index (κ3) is 5.10. The van der Waals surface area contributed by atoms with E-state index in [-0.39, 0.29) is 0 Å². The molecule has 0 saturated carbocycles. The van der Waals surface area contributed by atoms with Crippen LogP contribution in [-0.2, 0) is 0 Å². The molecule has 0 unspecified atom stereocenters. The van der Waals surface area contributed by atoms with Crippen molar-refractivity contribution in [2.24, 2.45) is 0 Å². The molecule has 10 aromatic rings. The van der Waals surface area contributed by atoms with E-state index in [4.69, 9.17) is 0 Å². The van der Waals surface area contributed by atoms with Gasteiger partial charge in [-0.2, -0.15) is 0 Å². The van der Waals surface area contributed by atoms with Crippen LogP contribution in [0.15, 0.2) is 188 Å². The number of rotatable bonds is 6. The zero-order chi connectivity index (χ0) is 33.7. The van der Waals surface area contributed by atoms with Gasteiger partial charge < -0.3 is 9.88 Å². The lowest BCUT2D eigenvalue weighted by Gasteiger charge is -2.27. The van der Waals surface area contributed by atoms with Crippen molar-refractivity contribution in [3.63, 3.8) is 0 Å². The highest BCUT2D eigenvalue weighted by Gasteiger charge is 2.20. The van der Waals surface area contributed by atoms with Crippen molar-refractivity contribution in [3.8, 4) is 33.4 Å². The van der Waals surface area contributed by atoms with Crippen molar-refractivity contribution in [1.29, 1.82) is 0 Å². The molecule has 0 aliphatic rings. The molecule has 2 heterocycles. The van der Waals surface area contributed by atoms with Crippen molar-refractivity contribution < 1.29 is 0 Å². The first-order chi connectivity index (χ1) is 25.3. The van der Waals surface area contributed by atoms with Gasteiger partial charge in [-0.15, -0.1) is 11.3 Å². The molecule has 8 aromatic carbocycles. The fraction of sp³-hybridized carbons (Fsp3) is 0. The number of hydrogen-bond acceptors (Lipinski definition) is 2. The second kappa shape index (κ2) is 12.2. The van der Waals surface area contributed by atoms with Crippen LogP contribution in [0, 0.1) is 0 Å². The van der Waals surface area contributed by atoms with E-state index in [1.165, 1.54) is 64.3 Å². The number of H-pyrrole nitrogens is 1. The maximum Gasteiger partial charge on any atom is 0.0546 e. The molecule has 2 aromatic heterocycles. The lowest BCUT2D eigenvalue weighted by Crippen LogP contribution is -2.10. The fourth-order valence-electron chi connectivity index (χ4n) is 7.55. The highest BCUT2D eigenvalue weighted by atomic mass is 32.1. The number of nitrogens with one attached hydrogen (secondary N) is 1. The maximum atomic E-state index is 3.83.